The average Bonchev–Trinajstić information content (AvgIpc) is 3.13. The molecule has 1 aromatic rings. The number of rotatable bonds is 4. The zero-order valence-electron chi connectivity index (χ0n) is 11.4. The van der Waals surface area contributed by atoms with Crippen molar-refractivity contribution < 1.29 is 9.90 Å². The molecule has 2 saturated carbocycles. The highest BCUT2D eigenvalue weighted by Gasteiger charge is 2.46. The van der Waals surface area contributed by atoms with Crippen molar-refractivity contribution >= 4 is 17.5 Å². The number of benzene rings is 1. The van der Waals surface area contributed by atoms with E-state index in [9.17, 15) is 9.90 Å². The molecule has 20 heavy (non-hydrogen) atoms. The van der Waals surface area contributed by atoms with Crippen LogP contribution in [0.25, 0.3) is 0 Å². The third-order valence-electron chi connectivity index (χ3n) is 4.68. The molecule has 0 heterocycles. The van der Waals surface area contributed by atoms with E-state index in [1.165, 1.54) is 5.56 Å². The Kier molecular flexibility index (Phi) is 3.74. The summed E-state index contributed by atoms with van der Waals surface area (Å²) in [5, 5.41) is 13.4. The number of aliphatic hydroxyl groups is 1. The van der Waals surface area contributed by atoms with E-state index >= 15 is 0 Å². The molecule has 2 N–H and O–H groups in total. The van der Waals surface area contributed by atoms with Crippen LogP contribution < -0.4 is 5.32 Å². The first-order chi connectivity index (χ1) is 9.63. The van der Waals surface area contributed by atoms with Crippen LogP contribution in [0.15, 0.2) is 24.3 Å². The van der Waals surface area contributed by atoms with E-state index in [1.54, 1.807) is 0 Å². The molecule has 0 spiro atoms. The normalized spacial score (nSPS) is 27.3. The van der Waals surface area contributed by atoms with Gasteiger partial charge in [-0.25, -0.2) is 0 Å². The van der Waals surface area contributed by atoms with Crippen molar-refractivity contribution in [3.8, 4) is 0 Å². The smallest absolute Gasteiger partial charge is 0.224 e. The van der Waals surface area contributed by atoms with Crippen molar-refractivity contribution in [1.29, 1.82) is 0 Å². The first-order valence-electron chi connectivity index (χ1n) is 7.32. The highest BCUT2D eigenvalue weighted by Crippen LogP contribution is 2.48. The minimum atomic E-state index is -0.357. The van der Waals surface area contributed by atoms with Crippen LogP contribution in [-0.2, 0) is 4.79 Å². The number of aliphatic hydroxyl groups excluding tert-OH is 1. The predicted molar refractivity (Wildman–Crippen MR) is 78.7 cm³/mol. The molecule has 2 fully saturated rings. The lowest BCUT2D eigenvalue weighted by Gasteiger charge is -2.28. The largest absolute Gasteiger partial charge is 0.394 e. The number of amides is 1. The van der Waals surface area contributed by atoms with E-state index in [4.69, 9.17) is 11.6 Å². The van der Waals surface area contributed by atoms with Crippen molar-refractivity contribution in [3.05, 3.63) is 34.9 Å². The number of hydrogen-bond donors (Lipinski definition) is 2. The van der Waals surface area contributed by atoms with Gasteiger partial charge in [0.25, 0.3) is 0 Å². The lowest BCUT2D eigenvalue weighted by Crippen LogP contribution is -2.49. The Bertz CT molecular complexity index is 494. The highest BCUT2D eigenvalue weighted by molar-refractivity contribution is 6.30. The Labute approximate surface area is 124 Å². The van der Waals surface area contributed by atoms with Crippen molar-refractivity contribution in [1.82, 2.24) is 5.32 Å². The van der Waals surface area contributed by atoms with Gasteiger partial charge in [0.2, 0.25) is 5.91 Å². The fraction of sp³-hybridized carbons (Fsp3) is 0.562. The molecule has 0 saturated heterocycles. The van der Waals surface area contributed by atoms with E-state index < -0.39 is 0 Å². The van der Waals surface area contributed by atoms with Crippen molar-refractivity contribution in [3.63, 3.8) is 0 Å². The lowest BCUT2D eigenvalue weighted by molar-refractivity contribution is -0.124. The first-order valence-corrected chi connectivity index (χ1v) is 7.70. The van der Waals surface area contributed by atoms with Gasteiger partial charge in [0.1, 0.15) is 0 Å². The lowest BCUT2D eigenvalue weighted by atomic mass is 9.98. The van der Waals surface area contributed by atoms with E-state index in [2.05, 4.69) is 5.32 Å². The zero-order chi connectivity index (χ0) is 14.2. The van der Waals surface area contributed by atoms with Crippen LogP contribution in [0.4, 0.5) is 0 Å². The Balaban J connectivity index is 1.61. The Morgan fingerprint density at radius 3 is 2.55 bits per heavy atom. The Morgan fingerprint density at radius 2 is 1.95 bits per heavy atom. The van der Waals surface area contributed by atoms with Gasteiger partial charge in [-0.3, -0.25) is 4.79 Å². The summed E-state index contributed by atoms with van der Waals surface area (Å²) in [7, 11) is 0. The van der Waals surface area contributed by atoms with Gasteiger partial charge in [-0.2, -0.15) is 0 Å². The summed E-state index contributed by atoms with van der Waals surface area (Å²) in [5.74, 6) is 0.463. The van der Waals surface area contributed by atoms with Gasteiger partial charge in [0.15, 0.2) is 0 Å². The van der Waals surface area contributed by atoms with Gasteiger partial charge in [-0.1, -0.05) is 36.6 Å². The molecule has 1 aromatic carbocycles. The minimum Gasteiger partial charge on any atom is -0.394 e. The number of carbonyl (C=O) groups is 1. The first kappa shape index (κ1) is 13.9. The van der Waals surface area contributed by atoms with Gasteiger partial charge >= 0.3 is 0 Å². The number of halogens is 1. The van der Waals surface area contributed by atoms with Crippen LogP contribution in [0, 0.1) is 5.92 Å². The second-order valence-corrected chi connectivity index (χ2v) is 6.57. The van der Waals surface area contributed by atoms with Gasteiger partial charge < -0.3 is 10.4 Å². The van der Waals surface area contributed by atoms with Gasteiger partial charge in [-0.15, -0.1) is 0 Å². The highest BCUT2D eigenvalue weighted by atomic mass is 35.5. The summed E-state index contributed by atoms with van der Waals surface area (Å²) >= 11 is 5.88. The van der Waals surface area contributed by atoms with Crippen LogP contribution in [0.3, 0.4) is 0 Å². The third-order valence-corrected chi connectivity index (χ3v) is 4.93. The van der Waals surface area contributed by atoms with Gasteiger partial charge in [0.05, 0.1) is 12.1 Å². The standard InChI is InChI=1S/C16H20ClNO2/c17-12-5-3-11(4-6-12)13-9-14(13)15(20)18-16(10-19)7-1-2-8-16/h3-6,13-14,19H,1-2,7-10H2,(H,18,20). The maximum atomic E-state index is 12.3. The van der Waals surface area contributed by atoms with Crippen molar-refractivity contribution in [2.75, 3.05) is 6.61 Å². The maximum Gasteiger partial charge on any atom is 0.224 e. The molecule has 2 aliphatic carbocycles. The van der Waals surface area contributed by atoms with E-state index in [0.717, 1.165) is 37.1 Å². The average molecular weight is 294 g/mol. The summed E-state index contributed by atoms with van der Waals surface area (Å²) in [4.78, 5) is 12.3. The molecular weight excluding hydrogens is 274 g/mol. The fourth-order valence-corrected chi connectivity index (χ4v) is 3.42. The molecule has 108 valence electrons. The SMILES string of the molecule is O=C(NC1(CO)CCCC1)C1CC1c1ccc(Cl)cc1. The van der Waals surface area contributed by atoms with Crippen LogP contribution in [0.5, 0.6) is 0 Å². The molecule has 0 aliphatic heterocycles. The molecular formula is C16H20ClNO2. The molecule has 2 atom stereocenters. The van der Waals surface area contributed by atoms with Crippen LogP contribution in [0.2, 0.25) is 5.02 Å². The predicted octanol–water partition coefficient (Wildman–Crippen LogP) is 2.86. The quantitative estimate of drug-likeness (QED) is 0.897. The van der Waals surface area contributed by atoms with Crippen molar-refractivity contribution in [2.45, 2.75) is 43.6 Å². The van der Waals surface area contributed by atoms with E-state index in [1.807, 2.05) is 24.3 Å². The summed E-state index contributed by atoms with van der Waals surface area (Å²) in [5.41, 5.74) is 0.823. The second kappa shape index (κ2) is 5.38. The number of nitrogens with one attached hydrogen (secondary N) is 1. The number of hydrogen-bond acceptors (Lipinski definition) is 2. The summed E-state index contributed by atoms with van der Waals surface area (Å²) < 4.78 is 0. The Morgan fingerprint density at radius 1 is 1.30 bits per heavy atom. The molecule has 0 bridgehead atoms. The Hall–Kier alpha value is -1.06. The van der Waals surface area contributed by atoms with E-state index in [-0.39, 0.29) is 24.0 Å². The zero-order valence-corrected chi connectivity index (χ0v) is 12.2. The van der Waals surface area contributed by atoms with Crippen LogP contribution in [0.1, 0.15) is 43.6 Å². The molecule has 3 nitrogen and oxygen atoms in total. The molecule has 0 aromatic heterocycles. The van der Waals surface area contributed by atoms with Crippen molar-refractivity contribution in [2.24, 2.45) is 5.92 Å². The van der Waals surface area contributed by atoms with Crippen LogP contribution >= 0.6 is 11.6 Å². The summed E-state index contributed by atoms with van der Waals surface area (Å²) in [6.07, 6.45) is 4.87. The molecule has 2 unspecified atom stereocenters. The topological polar surface area (TPSA) is 49.3 Å². The van der Waals surface area contributed by atoms with E-state index in [0.29, 0.717) is 5.92 Å². The third kappa shape index (κ3) is 2.70. The molecule has 2 aliphatic rings. The summed E-state index contributed by atoms with van der Waals surface area (Å²) in [6.45, 7) is 0.0527. The second-order valence-electron chi connectivity index (χ2n) is 6.14. The molecule has 4 heteroatoms. The number of carbonyl (C=O) groups excluding carboxylic acids is 1. The fourth-order valence-electron chi connectivity index (χ4n) is 3.29. The maximum absolute atomic E-state index is 12.3. The van der Waals surface area contributed by atoms with Gasteiger partial charge in [0, 0.05) is 10.9 Å². The minimum absolute atomic E-state index is 0.0527. The monoisotopic (exact) mass is 293 g/mol. The van der Waals surface area contributed by atoms with Gasteiger partial charge in [-0.05, 0) is 42.9 Å². The molecule has 3 rings (SSSR count). The van der Waals surface area contributed by atoms with Crippen LogP contribution in [-0.4, -0.2) is 23.2 Å². The molecule has 1 amide bonds. The molecule has 0 radical (unpaired) electrons. The summed E-state index contributed by atoms with van der Waals surface area (Å²) in [6, 6.07) is 7.74.